The Kier molecular flexibility index (Phi) is 7.45. The lowest BCUT2D eigenvalue weighted by Gasteiger charge is -2.37. The Morgan fingerprint density at radius 2 is 1.97 bits per heavy atom. The van der Waals surface area contributed by atoms with E-state index in [2.05, 4.69) is 26.2 Å². The molecule has 9 heteroatoms. The van der Waals surface area contributed by atoms with E-state index >= 15 is 0 Å². The molecule has 0 saturated heterocycles. The summed E-state index contributed by atoms with van der Waals surface area (Å²) in [5, 5.41) is 11.8. The number of benzene rings is 1. The van der Waals surface area contributed by atoms with Gasteiger partial charge in [-0.3, -0.25) is 14.9 Å². The summed E-state index contributed by atoms with van der Waals surface area (Å²) in [6.07, 6.45) is 3.08. The number of nitro benzene ring substituents is 1. The van der Waals surface area contributed by atoms with E-state index in [0.717, 1.165) is 6.04 Å². The lowest BCUT2D eigenvalue weighted by atomic mass is 9.73. The van der Waals surface area contributed by atoms with Crippen LogP contribution in [0.2, 0.25) is 25.7 Å². The Morgan fingerprint density at radius 3 is 2.59 bits per heavy atom. The molecule has 1 aromatic carbocycles. The van der Waals surface area contributed by atoms with Gasteiger partial charge in [0.05, 0.1) is 30.6 Å². The highest BCUT2D eigenvalue weighted by Gasteiger charge is 2.42. The van der Waals surface area contributed by atoms with Crippen molar-refractivity contribution < 1.29 is 24.0 Å². The van der Waals surface area contributed by atoms with Crippen LogP contribution in [0.4, 0.5) is 5.69 Å². The predicted octanol–water partition coefficient (Wildman–Crippen LogP) is 5.34. The van der Waals surface area contributed by atoms with Crippen LogP contribution in [-0.4, -0.2) is 43.2 Å². The fourth-order valence-corrected chi connectivity index (χ4v) is 5.27. The second-order valence-corrected chi connectivity index (χ2v) is 15.5. The Hall–Kier alpha value is -3.20. The van der Waals surface area contributed by atoms with Crippen LogP contribution in [0.15, 0.2) is 43.0 Å². The molecule has 1 atom stereocenters. The first-order valence-corrected chi connectivity index (χ1v) is 15.1. The van der Waals surface area contributed by atoms with E-state index in [4.69, 9.17) is 9.47 Å². The summed E-state index contributed by atoms with van der Waals surface area (Å²) < 4.78 is 12.4. The molecule has 0 unspecified atom stereocenters. The third-order valence-corrected chi connectivity index (χ3v) is 8.03. The number of nitro groups is 1. The van der Waals surface area contributed by atoms with E-state index < -0.39 is 24.4 Å². The van der Waals surface area contributed by atoms with Crippen LogP contribution in [0.1, 0.15) is 35.4 Å². The Bertz CT molecular complexity index is 1120. The second-order valence-electron chi connectivity index (χ2n) is 9.88. The van der Waals surface area contributed by atoms with E-state index in [9.17, 15) is 19.7 Å². The number of carbonyl (C=O) groups excluding carboxylic acids is 2. The molecule has 0 amide bonds. The highest BCUT2D eigenvalue weighted by molar-refractivity contribution is 6.76. The van der Waals surface area contributed by atoms with Gasteiger partial charge in [-0.25, -0.2) is 4.79 Å². The maximum absolute atomic E-state index is 12.9. The minimum atomic E-state index is -1.36. The first-order valence-electron chi connectivity index (χ1n) is 11.4. The van der Waals surface area contributed by atoms with Crippen LogP contribution < -0.4 is 0 Å². The molecule has 1 aromatic heterocycles. The van der Waals surface area contributed by atoms with E-state index in [1.165, 1.54) is 13.2 Å². The summed E-state index contributed by atoms with van der Waals surface area (Å²) in [7, 11) is -0.0634. The zero-order chi connectivity index (χ0) is 25.1. The van der Waals surface area contributed by atoms with Gasteiger partial charge in [0.2, 0.25) is 0 Å². The minimum absolute atomic E-state index is 0.0421. The van der Waals surface area contributed by atoms with Crippen molar-refractivity contribution in [2.75, 3.05) is 13.7 Å². The fourth-order valence-electron chi connectivity index (χ4n) is 4.55. The zero-order valence-electron chi connectivity index (χ0n) is 20.3. The van der Waals surface area contributed by atoms with Crippen molar-refractivity contribution in [2.24, 2.45) is 0 Å². The van der Waals surface area contributed by atoms with Crippen molar-refractivity contribution in [3.8, 4) is 11.1 Å². The smallest absolute Gasteiger partial charge is 0.354 e. The highest BCUT2D eigenvalue weighted by atomic mass is 28.3. The first-order chi connectivity index (χ1) is 16.0. The van der Waals surface area contributed by atoms with Crippen LogP contribution in [0, 0.1) is 10.1 Å². The number of ether oxygens (including phenoxy) is 2. The van der Waals surface area contributed by atoms with Gasteiger partial charge in [0, 0.05) is 37.4 Å². The number of esters is 2. The third kappa shape index (κ3) is 5.14. The normalized spacial score (nSPS) is 17.5. The molecule has 0 spiro atoms. The molecule has 0 bridgehead atoms. The quantitative estimate of drug-likeness (QED) is 0.157. The number of fused-ring (bicyclic) bond motifs is 1. The number of aromatic nitrogens is 1. The number of methoxy groups -OCH3 is 1. The SMILES string of the molecule is C=C[C@]1(CC(=O)OCC[Si](C)(C)C)CCCn2c(C(=O)OC)cc(-c3ccccc3[N+](=O)[O-])c21. The van der Waals surface area contributed by atoms with Gasteiger partial charge in [0.15, 0.2) is 0 Å². The van der Waals surface area contributed by atoms with Gasteiger partial charge in [-0.1, -0.05) is 37.8 Å². The molecule has 0 aliphatic carbocycles. The van der Waals surface area contributed by atoms with Gasteiger partial charge in [-0.05, 0) is 31.0 Å². The molecule has 2 heterocycles. The van der Waals surface area contributed by atoms with Crippen molar-refractivity contribution >= 4 is 25.7 Å². The zero-order valence-corrected chi connectivity index (χ0v) is 21.3. The number of carbonyl (C=O) groups is 2. The molecule has 3 rings (SSSR count). The fraction of sp³-hybridized carbons (Fsp3) is 0.440. The molecule has 0 saturated carbocycles. The lowest BCUT2D eigenvalue weighted by Crippen LogP contribution is -2.36. The van der Waals surface area contributed by atoms with Crippen molar-refractivity contribution in [1.29, 1.82) is 0 Å². The summed E-state index contributed by atoms with van der Waals surface area (Å²) in [4.78, 5) is 36.9. The summed E-state index contributed by atoms with van der Waals surface area (Å²) in [5.74, 6) is -0.885. The topological polar surface area (TPSA) is 101 Å². The molecule has 2 aromatic rings. The van der Waals surface area contributed by atoms with E-state index in [-0.39, 0.29) is 18.1 Å². The molecule has 0 radical (unpaired) electrons. The Morgan fingerprint density at radius 1 is 1.26 bits per heavy atom. The summed E-state index contributed by atoms with van der Waals surface area (Å²) in [6.45, 7) is 11.6. The maximum atomic E-state index is 12.9. The average molecular weight is 485 g/mol. The van der Waals surface area contributed by atoms with E-state index in [0.29, 0.717) is 48.5 Å². The van der Waals surface area contributed by atoms with Gasteiger partial charge < -0.3 is 14.0 Å². The molecule has 0 N–H and O–H groups in total. The monoisotopic (exact) mass is 484 g/mol. The molecule has 34 heavy (non-hydrogen) atoms. The van der Waals surface area contributed by atoms with E-state index in [1.54, 1.807) is 30.3 Å². The molecule has 8 nitrogen and oxygen atoms in total. The van der Waals surface area contributed by atoms with Gasteiger partial charge in [0.25, 0.3) is 5.69 Å². The van der Waals surface area contributed by atoms with Gasteiger partial charge in [0.1, 0.15) is 5.69 Å². The molecular weight excluding hydrogens is 452 g/mol. The maximum Gasteiger partial charge on any atom is 0.354 e. The number of nitrogens with zero attached hydrogens (tertiary/aromatic N) is 2. The average Bonchev–Trinajstić information content (AvgIpc) is 3.18. The van der Waals surface area contributed by atoms with Crippen molar-refractivity contribution in [2.45, 2.75) is 56.9 Å². The molecular formula is C25H32N2O6Si. The summed E-state index contributed by atoms with van der Waals surface area (Å²) >= 11 is 0. The number of hydrogen-bond acceptors (Lipinski definition) is 6. The number of rotatable bonds is 9. The summed E-state index contributed by atoms with van der Waals surface area (Å²) in [5.41, 5.74) is 0.955. The molecule has 1 aliphatic rings. The largest absolute Gasteiger partial charge is 0.466 e. The molecule has 1 aliphatic heterocycles. The lowest BCUT2D eigenvalue weighted by molar-refractivity contribution is -0.384. The Balaban J connectivity index is 2.12. The number of allylic oxidation sites excluding steroid dienone is 1. The van der Waals surface area contributed by atoms with E-state index in [1.807, 2.05) is 4.57 Å². The van der Waals surface area contributed by atoms with Crippen LogP contribution >= 0.6 is 0 Å². The van der Waals surface area contributed by atoms with Gasteiger partial charge in [-0.15, -0.1) is 6.58 Å². The van der Waals surface area contributed by atoms with Crippen molar-refractivity contribution in [1.82, 2.24) is 4.57 Å². The Labute approximate surface area is 200 Å². The summed E-state index contributed by atoms with van der Waals surface area (Å²) in [6, 6.07) is 8.90. The second kappa shape index (κ2) is 9.96. The van der Waals surface area contributed by atoms with Crippen LogP contribution in [0.3, 0.4) is 0 Å². The van der Waals surface area contributed by atoms with Gasteiger partial charge in [-0.2, -0.15) is 0 Å². The van der Waals surface area contributed by atoms with Crippen molar-refractivity contribution in [3.63, 3.8) is 0 Å². The molecule has 0 fully saturated rings. The van der Waals surface area contributed by atoms with Crippen LogP contribution in [0.25, 0.3) is 11.1 Å². The predicted molar refractivity (Wildman–Crippen MR) is 133 cm³/mol. The number of para-hydroxylation sites is 1. The third-order valence-electron chi connectivity index (χ3n) is 6.32. The number of hydrogen-bond donors (Lipinski definition) is 0. The van der Waals surface area contributed by atoms with Crippen LogP contribution in [-0.2, 0) is 26.2 Å². The molecule has 182 valence electrons. The minimum Gasteiger partial charge on any atom is -0.466 e. The van der Waals surface area contributed by atoms with Gasteiger partial charge >= 0.3 is 11.9 Å². The standard InChI is InChI=1S/C25H32N2O6Si/c1-6-25(17-22(28)33-14-15-34(3,4)5)12-9-13-26-21(24(29)32-2)16-19(23(25)26)18-10-7-8-11-20(18)27(30)31/h6-8,10-11,16H,1,9,12-15,17H2,2-5H3/t25-/m1/s1. The van der Waals surface area contributed by atoms with Crippen LogP contribution in [0.5, 0.6) is 0 Å². The first kappa shape index (κ1) is 25.4. The highest BCUT2D eigenvalue weighted by Crippen LogP contribution is 2.47. The van der Waals surface area contributed by atoms with Crippen molar-refractivity contribution in [3.05, 3.63) is 64.5 Å².